The van der Waals surface area contributed by atoms with Gasteiger partial charge >= 0.3 is 0 Å². The fourth-order valence-corrected chi connectivity index (χ4v) is 4.68. The van der Waals surface area contributed by atoms with E-state index in [0.29, 0.717) is 40.7 Å². The average molecular weight is 537 g/mol. The molecule has 4 N–H and O–H groups in total. The first kappa shape index (κ1) is 25.4. The highest BCUT2D eigenvalue weighted by molar-refractivity contribution is 6.33. The molecule has 10 nitrogen and oxygen atoms in total. The second kappa shape index (κ2) is 10.3. The van der Waals surface area contributed by atoms with E-state index in [1.807, 2.05) is 31.1 Å². The highest BCUT2D eigenvalue weighted by atomic mass is 35.5. The number of nitrogens with one attached hydrogen (secondary N) is 4. The molecule has 1 aliphatic heterocycles. The number of halogens is 2. The van der Waals surface area contributed by atoms with Gasteiger partial charge in [-0.05, 0) is 56.4 Å². The number of amides is 2. The van der Waals surface area contributed by atoms with E-state index in [9.17, 15) is 14.0 Å². The molecule has 1 aliphatic rings. The zero-order valence-electron chi connectivity index (χ0n) is 21.0. The van der Waals surface area contributed by atoms with Crippen LogP contribution in [0.3, 0.4) is 0 Å². The van der Waals surface area contributed by atoms with Gasteiger partial charge in [0, 0.05) is 25.5 Å². The second-order valence-electron chi connectivity index (χ2n) is 9.12. The zero-order valence-corrected chi connectivity index (χ0v) is 21.8. The molecule has 0 spiro atoms. The summed E-state index contributed by atoms with van der Waals surface area (Å²) in [5.41, 5.74) is 2.95. The van der Waals surface area contributed by atoms with Crippen molar-refractivity contribution in [2.24, 2.45) is 0 Å². The summed E-state index contributed by atoms with van der Waals surface area (Å²) in [4.78, 5) is 40.9. The molecule has 2 aromatic carbocycles. The lowest BCUT2D eigenvalue weighted by Crippen LogP contribution is -2.36. The molecule has 0 bridgehead atoms. The van der Waals surface area contributed by atoms with E-state index in [0.717, 1.165) is 17.7 Å². The smallest absolute Gasteiger partial charge is 0.256 e. The quantitative estimate of drug-likeness (QED) is 0.281. The first-order valence-corrected chi connectivity index (χ1v) is 12.3. The van der Waals surface area contributed by atoms with Crippen LogP contribution in [-0.4, -0.2) is 65.9 Å². The SMILES string of the molecule is CNC(=O)c1c(F)cccc1Nc1nc(Nc2cc3c(cc2Cl)CCN3C(=O)CN(C)C)nc2[nH]ccc12. The van der Waals surface area contributed by atoms with Crippen LogP contribution in [0.15, 0.2) is 42.6 Å². The number of rotatable bonds is 7. The van der Waals surface area contributed by atoms with E-state index in [1.165, 1.54) is 19.2 Å². The highest BCUT2D eigenvalue weighted by Crippen LogP contribution is 2.37. The molecular weight excluding hydrogens is 511 g/mol. The Morgan fingerprint density at radius 3 is 2.74 bits per heavy atom. The summed E-state index contributed by atoms with van der Waals surface area (Å²) in [6.45, 7) is 0.882. The number of anilines is 5. The summed E-state index contributed by atoms with van der Waals surface area (Å²) in [6.07, 6.45) is 2.42. The number of fused-ring (bicyclic) bond motifs is 2. The second-order valence-corrected chi connectivity index (χ2v) is 9.53. The molecule has 5 rings (SSSR count). The average Bonchev–Trinajstić information content (AvgIpc) is 3.50. The van der Waals surface area contributed by atoms with Crippen molar-refractivity contribution in [3.8, 4) is 0 Å². The van der Waals surface area contributed by atoms with E-state index < -0.39 is 11.7 Å². The summed E-state index contributed by atoms with van der Waals surface area (Å²) >= 11 is 6.59. The van der Waals surface area contributed by atoms with Crippen LogP contribution >= 0.6 is 11.6 Å². The maximum Gasteiger partial charge on any atom is 0.256 e. The minimum Gasteiger partial charge on any atom is -0.355 e. The van der Waals surface area contributed by atoms with Gasteiger partial charge in [-0.25, -0.2) is 4.39 Å². The largest absolute Gasteiger partial charge is 0.355 e. The van der Waals surface area contributed by atoms with Crippen LogP contribution in [-0.2, 0) is 11.2 Å². The van der Waals surface area contributed by atoms with Crippen molar-refractivity contribution in [2.75, 3.05) is 49.8 Å². The summed E-state index contributed by atoms with van der Waals surface area (Å²) in [5, 5.41) is 9.79. The minimum absolute atomic E-state index is 0.000391. The Hall–Kier alpha value is -4.22. The number of H-pyrrole nitrogens is 1. The Labute approximate surface area is 223 Å². The van der Waals surface area contributed by atoms with E-state index in [4.69, 9.17) is 11.6 Å². The molecule has 2 aromatic heterocycles. The molecule has 38 heavy (non-hydrogen) atoms. The third-order valence-corrected chi connectivity index (χ3v) is 6.51. The predicted molar refractivity (Wildman–Crippen MR) is 146 cm³/mol. The zero-order chi connectivity index (χ0) is 27.0. The number of hydrogen-bond donors (Lipinski definition) is 4. The standard InChI is InChI=1S/C26H26ClFN8O2/c1-29-25(38)22-17(28)5-4-6-18(22)31-24-15-7-9-30-23(15)33-26(34-24)32-19-12-20-14(11-16(19)27)8-10-36(20)21(37)13-35(2)3/h4-7,9,11-12H,8,10,13H2,1-3H3,(H,29,38)(H3,30,31,32,33,34). The van der Waals surface area contributed by atoms with Gasteiger partial charge in [0.1, 0.15) is 17.3 Å². The molecule has 0 radical (unpaired) electrons. The third-order valence-electron chi connectivity index (χ3n) is 6.20. The molecule has 2 amide bonds. The van der Waals surface area contributed by atoms with Gasteiger partial charge in [0.25, 0.3) is 5.91 Å². The van der Waals surface area contributed by atoms with E-state index >= 15 is 0 Å². The predicted octanol–water partition coefficient (Wildman–Crippen LogP) is 4.05. The number of likely N-dealkylation sites (N-methyl/N-ethyl adjacent to an activating group) is 1. The Morgan fingerprint density at radius 2 is 1.97 bits per heavy atom. The summed E-state index contributed by atoms with van der Waals surface area (Å²) < 4.78 is 14.5. The van der Waals surface area contributed by atoms with Gasteiger partial charge in [-0.2, -0.15) is 9.97 Å². The summed E-state index contributed by atoms with van der Waals surface area (Å²) in [6, 6.07) is 9.76. The summed E-state index contributed by atoms with van der Waals surface area (Å²) in [5.74, 6) is -0.660. The third kappa shape index (κ3) is 4.85. The number of benzene rings is 2. The minimum atomic E-state index is -0.662. The van der Waals surface area contributed by atoms with Gasteiger partial charge in [0.05, 0.1) is 33.9 Å². The molecule has 0 saturated heterocycles. The van der Waals surface area contributed by atoms with E-state index in [1.54, 1.807) is 23.2 Å². The van der Waals surface area contributed by atoms with Crippen molar-refractivity contribution in [2.45, 2.75) is 6.42 Å². The highest BCUT2D eigenvalue weighted by Gasteiger charge is 2.26. The van der Waals surface area contributed by atoms with Crippen molar-refractivity contribution in [1.82, 2.24) is 25.2 Å². The molecular formula is C26H26ClFN8O2. The van der Waals surface area contributed by atoms with Crippen LogP contribution < -0.4 is 20.9 Å². The lowest BCUT2D eigenvalue weighted by atomic mass is 10.1. The van der Waals surface area contributed by atoms with Crippen molar-refractivity contribution in [3.63, 3.8) is 0 Å². The number of aromatic nitrogens is 3. The van der Waals surface area contributed by atoms with Crippen molar-refractivity contribution >= 4 is 63.3 Å². The maximum absolute atomic E-state index is 14.5. The van der Waals surface area contributed by atoms with Crippen LogP contribution in [0.5, 0.6) is 0 Å². The molecule has 4 aromatic rings. The molecule has 3 heterocycles. The number of aromatic amines is 1. The number of nitrogens with zero attached hydrogens (tertiary/aromatic N) is 4. The van der Waals surface area contributed by atoms with Gasteiger partial charge in [-0.15, -0.1) is 0 Å². The molecule has 0 saturated carbocycles. The number of carbonyl (C=O) groups is 2. The summed E-state index contributed by atoms with van der Waals surface area (Å²) in [7, 11) is 5.14. The van der Waals surface area contributed by atoms with Gasteiger partial charge in [-0.3, -0.25) is 9.59 Å². The van der Waals surface area contributed by atoms with Crippen molar-refractivity contribution in [1.29, 1.82) is 0 Å². The normalized spacial score (nSPS) is 12.6. The first-order chi connectivity index (χ1) is 18.2. The van der Waals surface area contributed by atoms with Crippen LogP contribution in [0.25, 0.3) is 11.0 Å². The van der Waals surface area contributed by atoms with Crippen LogP contribution in [0, 0.1) is 5.82 Å². The fraction of sp³-hybridized carbons (Fsp3) is 0.231. The Morgan fingerprint density at radius 1 is 1.16 bits per heavy atom. The van der Waals surface area contributed by atoms with Crippen molar-refractivity contribution < 1.29 is 14.0 Å². The molecule has 12 heteroatoms. The van der Waals surface area contributed by atoms with Gasteiger partial charge in [0.2, 0.25) is 11.9 Å². The molecule has 0 aliphatic carbocycles. The number of carbonyl (C=O) groups excluding carboxylic acids is 2. The van der Waals surface area contributed by atoms with Crippen LogP contribution in [0.4, 0.5) is 33.2 Å². The van der Waals surface area contributed by atoms with Gasteiger partial charge in [-0.1, -0.05) is 17.7 Å². The Bertz CT molecular complexity index is 1550. The number of hydrogen-bond acceptors (Lipinski definition) is 7. The monoisotopic (exact) mass is 536 g/mol. The molecule has 0 fully saturated rings. The lowest BCUT2D eigenvalue weighted by molar-refractivity contribution is -0.119. The maximum atomic E-state index is 14.5. The van der Waals surface area contributed by atoms with Crippen LogP contribution in [0.2, 0.25) is 5.02 Å². The van der Waals surface area contributed by atoms with Gasteiger partial charge in [0.15, 0.2) is 0 Å². The first-order valence-electron chi connectivity index (χ1n) is 11.9. The Kier molecular flexibility index (Phi) is 6.87. The van der Waals surface area contributed by atoms with Crippen molar-refractivity contribution in [3.05, 3.63) is 64.6 Å². The lowest BCUT2D eigenvalue weighted by Gasteiger charge is -2.21. The molecule has 0 atom stereocenters. The van der Waals surface area contributed by atoms with E-state index in [2.05, 4.69) is 30.9 Å². The fourth-order valence-electron chi connectivity index (χ4n) is 4.44. The molecule has 0 unspecified atom stereocenters. The van der Waals surface area contributed by atoms with Crippen LogP contribution in [0.1, 0.15) is 15.9 Å². The van der Waals surface area contributed by atoms with Gasteiger partial charge < -0.3 is 30.7 Å². The topological polar surface area (TPSA) is 118 Å². The molecule has 196 valence electrons. The Balaban J connectivity index is 1.50. The van der Waals surface area contributed by atoms with E-state index in [-0.39, 0.29) is 23.1 Å².